The van der Waals surface area contributed by atoms with Crippen LogP contribution in [0.2, 0.25) is 0 Å². The summed E-state index contributed by atoms with van der Waals surface area (Å²) >= 11 is 0. The first kappa shape index (κ1) is 10.1. The van der Waals surface area contributed by atoms with E-state index in [2.05, 4.69) is 20.3 Å². The molecule has 0 saturated heterocycles. The van der Waals surface area contributed by atoms with Crippen LogP contribution in [-0.4, -0.2) is 35.0 Å². The predicted molar refractivity (Wildman–Crippen MR) is 48.4 cm³/mol. The fourth-order valence-electron chi connectivity index (χ4n) is 0.734. The van der Waals surface area contributed by atoms with Crippen molar-refractivity contribution in [1.29, 1.82) is 0 Å². The third-order valence-corrected chi connectivity index (χ3v) is 1.30. The zero-order valence-electron chi connectivity index (χ0n) is 7.85. The highest BCUT2D eigenvalue weighted by Gasteiger charge is 2.12. The van der Waals surface area contributed by atoms with Gasteiger partial charge in [0.05, 0.1) is 6.33 Å². The highest BCUT2D eigenvalue weighted by molar-refractivity contribution is 5.95. The van der Waals surface area contributed by atoms with Crippen LogP contribution in [0.1, 0.15) is 10.5 Å². The fraction of sp³-hybridized carbons (Fsp3) is 0.333. The lowest BCUT2D eigenvalue weighted by Crippen LogP contribution is -2.30. The highest BCUT2D eigenvalue weighted by Crippen LogP contribution is 2.13. The predicted octanol–water partition coefficient (Wildman–Crippen LogP) is -0.427. The summed E-state index contributed by atoms with van der Waals surface area (Å²) in [7, 11) is 3.41. The van der Waals surface area contributed by atoms with E-state index in [-0.39, 0.29) is 11.5 Å². The first-order valence-electron chi connectivity index (χ1n) is 3.78. The summed E-state index contributed by atoms with van der Waals surface area (Å²) in [6.07, 6.45) is 1.34. The van der Waals surface area contributed by atoms with Gasteiger partial charge in [-0.2, -0.15) is 0 Å². The normalized spacial score (nSPS) is 10.5. The van der Waals surface area contributed by atoms with E-state index in [4.69, 9.17) is 5.84 Å². The molecule has 14 heavy (non-hydrogen) atoms. The number of nitrogen functional groups attached to an aromatic ring is 1. The molecule has 0 fully saturated rings. The minimum Gasteiger partial charge on any atom is -0.339 e. The Morgan fingerprint density at radius 3 is 3.00 bits per heavy atom. The Labute approximate surface area is 80.2 Å². The van der Waals surface area contributed by atoms with Crippen LogP contribution in [0.25, 0.3) is 0 Å². The van der Waals surface area contributed by atoms with Gasteiger partial charge in [-0.15, -0.1) is 5.11 Å². The SMILES string of the molecule is CN(C)/N=N\c1nc[nH]c1C(=O)NN. The van der Waals surface area contributed by atoms with Gasteiger partial charge in [0.2, 0.25) is 5.82 Å². The molecule has 0 aliphatic carbocycles. The Balaban J connectivity index is 2.88. The monoisotopic (exact) mass is 197 g/mol. The van der Waals surface area contributed by atoms with Gasteiger partial charge in [-0.1, -0.05) is 5.22 Å². The zero-order valence-corrected chi connectivity index (χ0v) is 7.85. The van der Waals surface area contributed by atoms with Gasteiger partial charge in [0.1, 0.15) is 0 Å². The summed E-state index contributed by atoms with van der Waals surface area (Å²) < 4.78 is 0. The minimum atomic E-state index is -0.491. The summed E-state index contributed by atoms with van der Waals surface area (Å²) in [6, 6.07) is 0. The van der Waals surface area contributed by atoms with Gasteiger partial charge in [0, 0.05) is 14.1 Å². The molecule has 1 aromatic heterocycles. The van der Waals surface area contributed by atoms with E-state index in [1.54, 1.807) is 14.1 Å². The molecule has 1 rings (SSSR count). The molecule has 0 bridgehead atoms. The number of rotatable bonds is 3. The first-order valence-corrected chi connectivity index (χ1v) is 3.78. The van der Waals surface area contributed by atoms with Gasteiger partial charge < -0.3 is 4.98 Å². The number of imidazole rings is 1. The van der Waals surface area contributed by atoms with Crippen molar-refractivity contribution < 1.29 is 4.79 Å². The van der Waals surface area contributed by atoms with Crippen molar-refractivity contribution in [3.8, 4) is 0 Å². The molecule has 4 N–H and O–H groups in total. The van der Waals surface area contributed by atoms with Gasteiger partial charge >= 0.3 is 0 Å². The summed E-state index contributed by atoms with van der Waals surface area (Å²) in [5.74, 6) is 4.66. The van der Waals surface area contributed by atoms with Gasteiger partial charge in [0.15, 0.2) is 5.69 Å². The van der Waals surface area contributed by atoms with Crippen molar-refractivity contribution >= 4 is 11.7 Å². The second kappa shape index (κ2) is 4.33. The average Bonchev–Trinajstić information content (AvgIpc) is 2.61. The molecule has 0 unspecified atom stereocenters. The number of hydrogen-bond donors (Lipinski definition) is 3. The standard InChI is InChI=1S/C6H11N7O/c1-13(2)12-11-5-4(6(14)10-7)8-3-9-5/h3H,7H2,1-2H3,(H,8,9)(H,10,14)/b12-11-. The molecule has 0 radical (unpaired) electrons. The molecule has 8 heteroatoms. The molecule has 8 nitrogen and oxygen atoms in total. The first-order chi connectivity index (χ1) is 6.65. The van der Waals surface area contributed by atoms with Crippen LogP contribution in [0.15, 0.2) is 16.7 Å². The van der Waals surface area contributed by atoms with Crippen molar-refractivity contribution in [1.82, 2.24) is 20.4 Å². The lowest BCUT2D eigenvalue weighted by atomic mass is 10.4. The van der Waals surface area contributed by atoms with Crippen LogP contribution in [0, 0.1) is 0 Å². The number of carbonyl (C=O) groups excluding carboxylic acids is 1. The molecule has 76 valence electrons. The summed E-state index contributed by atoms with van der Waals surface area (Å²) in [5, 5.41) is 8.91. The maximum atomic E-state index is 11.1. The van der Waals surface area contributed by atoms with E-state index in [1.807, 2.05) is 5.43 Å². The Morgan fingerprint density at radius 1 is 1.71 bits per heavy atom. The average molecular weight is 197 g/mol. The van der Waals surface area contributed by atoms with E-state index >= 15 is 0 Å². The molecule has 0 aliphatic heterocycles. The summed E-state index contributed by atoms with van der Waals surface area (Å²) in [4.78, 5) is 17.5. The van der Waals surface area contributed by atoms with Gasteiger partial charge in [-0.05, 0) is 0 Å². The fourth-order valence-corrected chi connectivity index (χ4v) is 0.734. The number of H-pyrrole nitrogens is 1. The van der Waals surface area contributed by atoms with Crippen molar-refractivity contribution in [3.05, 3.63) is 12.0 Å². The number of nitrogens with two attached hydrogens (primary N) is 1. The maximum Gasteiger partial charge on any atom is 0.285 e. The molecule has 0 aromatic carbocycles. The Hall–Kier alpha value is -1.96. The van der Waals surface area contributed by atoms with E-state index in [0.29, 0.717) is 0 Å². The number of nitrogens with one attached hydrogen (secondary N) is 2. The van der Waals surface area contributed by atoms with Crippen LogP contribution in [0.3, 0.4) is 0 Å². The van der Waals surface area contributed by atoms with Gasteiger partial charge in [-0.25, -0.2) is 10.8 Å². The zero-order chi connectivity index (χ0) is 10.6. The molecular formula is C6H11N7O. The molecule has 1 heterocycles. The number of aromatic amines is 1. The number of nitrogens with zero attached hydrogens (tertiary/aromatic N) is 4. The van der Waals surface area contributed by atoms with Crippen LogP contribution < -0.4 is 11.3 Å². The summed E-state index contributed by atoms with van der Waals surface area (Å²) in [6.45, 7) is 0. The van der Waals surface area contributed by atoms with E-state index in [0.717, 1.165) is 0 Å². The Morgan fingerprint density at radius 2 is 2.43 bits per heavy atom. The lowest BCUT2D eigenvalue weighted by molar-refractivity contribution is 0.0950. The van der Waals surface area contributed by atoms with Gasteiger partial charge in [-0.3, -0.25) is 15.2 Å². The molecule has 0 aliphatic rings. The Kier molecular flexibility index (Phi) is 3.13. The third kappa shape index (κ3) is 2.26. The number of hydrazine groups is 1. The van der Waals surface area contributed by atoms with E-state index in [1.165, 1.54) is 11.3 Å². The maximum absolute atomic E-state index is 11.1. The largest absolute Gasteiger partial charge is 0.339 e. The smallest absolute Gasteiger partial charge is 0.285 e. The molecule has 1 aromatic rings. The molecule has 0 spiro atoms. The second-order valence-corrected chi connectivity index (χ2v) is 2.61. The number of carbonyl (C=O) groups is 1. The van der Waals surface area contributed by atoms with Crippen molar-refractivity contribution in [2.75, 3.05) is 14.1 Å². The van der Waals surface area contributed by atoms with Crippen LogP contribution in [0.4, 0.5) is 5.82 Å². The van der Waals surface area contributed by atoms with Crippen LogP contribution >= 0.6 is 0 Å². The number of amides is 1. The molecule has 0 atom stereocenters. The van der Waals surface area contributed by atoms with E-state index in [9.17, 15) is 4.79 Å². The number of hydrogen-bond acceptors (Lipinski definition) is 5. The number of aromatic nitrogens is 2. The topological polar surface area (TPSA) is 112 Å². The third-order valence-electron chi connectivity index (χ3n) is 1.30. The van der Waals surface area contributed by atoms with Crippen molar-refractivity contribution in [2.45, 2.75) is 0 Å². The lowest BCUT2D eigenvalue weighted by Gasteiger charge is -1.99. The van der Waals surface area contributed by atoms with Crippen LogP contribution in [-0.2, 0) is 0 Å². The molecule has 1 amide bonds. The van der Waals surface area contributed by atoms with Crippen molar-refractivity contribution in [3.63, 3.8) is 0 Å². The second-order valence-electron chi connectivity index (χ2n) is 2.61. The molecule has 0 saturated carbocycles. The van der Waals surface area contributed by atoms with Gasteiger partial charge in [0.25, 0.3) is 5.91 Å². The quantitative estimate of drug-likeness (QED) is 0.264. The minimum absolute atomic E-state index is 0.179. The summed E-state index contributed by atoms with van der Waals surface area (Å²) in [5.41, 5.74) is 2.15. The van der Waals surface area contributed by atoms with E-state index < -0.39 is 5.91 Å². The highest BCUT2D eigenvalue weighted by atomic mass is 16.2. The van der Waals surface area contributed by atoms with Crippen LogP contribution in [0.5, 0.6) is 0 Å². The Bertz CT molecular complexity index is 342. The van der Waals surface area contributed by atoms with Crippen molar-refractivity contribution in [2.24, 2.45) is 16.2 Å². The molecular weight excluding hydrogens is 186 g/mol.